The minimum atomic E-state index is -0.0922. The molecule has 2 heterocycles. The zero-order valence-corrected chi connectivity index (χ0v) is 14.1. The van der Waals surface area contributed by atoms with Gasteiger partial charge in [-0.2, -0.15) is 0 Å². The molecule has 2 saturated heterocycles. The van der Waals surface area contributed by atoms with Crippen molar-refractivity contribution in [2.75, 3.05) is 13.6 Å². The summed E-state index contributed by atoms with van der Waals surface area (Å²) < 4.78 is 0. The Morgan fingerprint density at radius 2 is 1.85 bits per heavy atom. The van der Waals surface area contributed by atoms with E-state index >= 15 is 0 Å². The Bertz CT molecular complexity index is 323. The molecule has 20 heavy (non-hydrogen) atoms. The van der Waals surface area contributed by atoms with Crippen LogP contribution in [0.2, 0.25) is 0 Å². The third kappa shape index (κ3) is 4.61. The summed E-state index contributed by atoms with van der Waals surface area (Å²) in [5.41, 5.74) is -0.0922. The molecule has 2 aliphatic rings. The maximum absolute atomic E-state index is 12.1. The predicted octanol–water partition coefficient (Wildman–Crippen LogP) is 1.93. The van der Waals surface area contributed by atoms with Crippen LogP contribution in [-0.4, -0.2) is 48.1 Å². The minimum Gasteiger partial charge on any atom is -0.350 e. The van der Waals surface area contributed by atoms with Crippen LogP contribution >= 0.6 is 12.4 Å². The summed E-state index contributed by atoms with van der Waals surface area (Å²) in [5.74, 6) is 0.153. The predicted molar refractivity (Wildman–Crippen MR) is 85.4 cm³/mol. The first-order valence-electron chi connectivity index (χ1n) is 7.67. The average molecular weight is 304 g/mol. The lowest BCUT2D eigenvalue weighted by Gasteiger charge is -2.36. The number of halogens is 1. The monoisotopic (exact) mass is 303 g/mol. The number of nitrogens with zero attached hydrogens (tertiary/aromatic N) is 1. The highest BCUT2D eigenvalue weighted by atomic mass is 35.5. The Balaban J connectivity index is 0.00000200. The largest absolute Gasteiger partial charge is 0.350 e. The van der Waals surface area contributed by atoms with Gasteiger partial charge in [-0.15, -0.1) is 12.4 Å². The van der Waals surface area contributed by atoms with Gasteiger partial charge in [0.15, 0.2) is 0 Å². The van der Waals surface area contributed by atoms with Gasteiger partial charge in [0.25, 0.3) is 0 Å². The van der Waals surface area contributed by atoms with E-state index in [4.69, 9.17) is 0 Å². The summed E-state index contributed by atoms with van der Waals surface area (Å²) >= 11 is 0. The van der Waals surface area contributed by atoms with Crippen molar-refractivity contribution in [3.05, 3.63) is 0 Å². The first kappa shape index (κ1) is 17.7. The van der Waals surface area contributed by atoms with Crippen molar-refractivity contribution in [1.82, 2.24) is 15.5 Å². The summed E-state index contributed by atoms with van der Waals surface area (Å²) in [6.45, 7) is 6.79. The molecule has 2 bridgehead atoms. The lowest BCUT2D eigenvalue weighted by molar-refractivity contribution is -0.124. The fourth-order valence-corrected chi connectivity index (χ4v) is 3.25. The molecule has 2 atom stereocenters. The lowest BCUT2D eigenvalue weighted by Crippen LogP contribution is -2.51. The number of carbonyl (C=O) groups excluding carboxylic acids is 1. The summed E-state index contributed by atoms with van der Waals surface area (Å²) in [7, 11) is 2.09. The highest BCUT2D eigenvalue weighted by Gasteiger charge is 2.35. The second-order valence-electron chi connectivity index (χ2n) is 6.96. The fraction of sp³-hybridized carbons (Fsp3) is 0.933. The van der Waals surface area contributed by atoms with E-state index in [1.54, 1.807) is 0 Å². The van der Waals surface area contributed by atoms with E-state index < -0.39 is 0 Å². The van der Waals surface area contributed by atoms with Crippen LogP contribution in [0.15, 0.2) is 0 Å². The standard InChI is InChI=1S/C15H29N3O.ClH/c1-5-15(2,3)17-14(19)10-18(4)13-8-11-6-7-12(9-13)16-11;/h11-13,16H,5-10H2,1-4H3,(H,17,19);1H. The molecule has 0 spiro atoms. The molecule has 0 aliphatic carbocycles. The fourth-order valence-electron chi connectivity index (χ4n) is 3.25. The molecule has 4 nitrogen and oxygen atoms in total. The molecule has 0 saturated carbocycles. The normalized spacial score (nSPS) is 29.1. The van der Waals surface area contributed by atoms with Crippen LogP contribution in [0, 0.1) is 0 Å². The topological polar surface area (TPSA) is 44.4 Å². The third-order valence-electron chi connectivity index (χ3n) is 4.83. The molecule has 0 aromatic heterocycles. The highest BCUT2D eigenvalue weighted by molar-refractivity contribution is 5.85. The van der Waals surface area contributed by atoms with E-state index in [9.17, 15) is 4.79 Å². The summed E-state index contributed by atoms with van der Waals surface area (Å²) in [6.07, 6.45) is 5.96. The van der Waals surface area contributed by atoms with E-state index in [1.165, 1.54) is 25.7 Å². The summed E-state index contributed by atoms with van der Waals surface area (Å²) in [6, 6.07) is 1.93. The lowest BCUT2D eigenvalue weighted by atomic mass is 9.98. The van der Waals surface area contributed by atoms with Gasteiger partial charge in [0.2, 0.25) is 5.91 Å². The van der Waals surface area contributed by atoms with Crippen molar-refractivity contribution < 1.29 is 4.79 Å². The second-order valence-corrected chi connectivity index (χ2v) is 6.96. The first-order chi connectivity index (χ1) is 8.89. The molecular weight excluding hydrogens is 274 g/mol. The number of nitrogens with one attached hydrogen (secondary N) is 2. The maximum Gasteiger partial charge on any atom is 0.234 e. The van der Waals surface area contributed by atoms with Gasteiger partial charge < -0.3 is 10.6 Å². The average Bonchev–Trinajstić information content (AvgIpc) is 2.67. The summed E-state index contributed by atoms with van der Waals surface area (Å²) in [4.78, 5) is 14.3. The Morgan fingerprint density at radius 3 is 2.35 bits per heavy atom. The maximum atomic E-state index is 12.1. The van der Waals surface area contributed by atoms with Crippen LogP contribution in [0.5, 0.6) is 0 Å². The molecule has 5 heteroatoms. The SMILES string of the molecule is CCC(C)(C)NC(=O)CN(C)C1CC2CCC(C1)N2.Cl. The van der Waals surface area contributed by atoms with Gasteiger partial charge in [0, 0.05) is 23.7 Å². The van der Waals surface area contributed by atoms with E-state index in [2.05, 4.69) is 43.4 Å². The molecule has 118 valence electrons. The molecule has 1 amide bonds. The van der Waals surface area contributed by atoms with Gasteiger partial charge in [-0.25, -0.2) is 0 Å². The van der Waals surface area contributed by atoms with Crippen molar-refractivity contribution in [2.24, 2.45) is 0 Å². The third-order valence-corrected chi connectivity index (χ3v) is 4.83. The first-order valence-corrected chi connectivity index (χ1v) is 7.67. The second kappa shape index (κ2) is 7.10. The molecule has 2 rings (SSSR count). The molecule has 2 fully saturated rings. The zero-order chi connectivity index (χ0) is 14.0. The van der Waals surface area contributed by atoms with Crippen molar-refractivity contribution in [3.8, 4) is 0 Å². The van der Waals surface area contributed by atoms with E-state index in [0.29, 0.717) is 24.7 Å². The van der Waals surface area contributed by atoms with Gasteiger partial charge in [0.1, 0.15) is 0 Å². The number of piperidine rings is 1. The van der Waals surface area contributed by atoms with Crippen LogP contribution in [-0.2, 0) is 4.79 Å². The highest BCUT2D eigenvalue weighted by Crippen LogP contribution is 2.29. The van der Waals surface area contributed by atoms with Crippen molar-refractivity contribution >= 4 is 18.3 Å². The van der Waals surface area contributed by atoms with Crippen LogP contribution < -0.4 is 10.6 Å². The van der Waals surface area contributed by atoms with Crippen molar-refractivity contribution in [2.45, 2.75) is 76.5 Å². The molecule has 2 aliphatic heterocycles. The molecule has 2 N–H and O–H groups in total. The number of carbonyl (C=O) groups is 1. The number of fused-ring (bicyclic) bond motifs is 2. The van der Waals surface area contributed by atoms with Gasteiger partial charge in [-0.1, -0.05) is 6.92 Å². The minimum absolute atomic E-state index is 0. The summed E-state index contributed by atoms with van der Waals surface area (Å²) in [5, 5.41) is 6.77. The Hall–Kier alpha value is -0.320. The van der Waals surface area contributed by atoms with E-state index in [-0.39, 0.29) is 23.9 Å². The van der Waals surface area contributed by atoms with Gasteiger partial charge in [0.05, 0.1) is 6.54 Å². The number of hydrogen-bond acceptors (Lipinski definition) is 3. The molecule has 0 aromatic rings. The van der Waals surface area contributed by atoms with Crippen LogP contribution in [0.4, 0.5) is 0 Å². The van der Waals surface area contributed by atoms with Crippen LogP contribution in [0.1, 0.15) is 52.9 Å². The van der Waals surface area contributed by atoms with E-state index in [0.717, 1.165) is 6.42 Å². The zero-order valence-electron chi connectivity index (χ0n) is 13.2. The van der Waals surface area contributed by atoms with Crippen LogP contribution in [0.25, 0.3) is 0 Å². The van der Waals surface area contributed by atoms with Crippen LogP contribution in [0.3, 0.4) is 0 Å². The van der Waals surface area contributed by atoms with Gasteiger partial charge >= 0.3 is 0 Å². The molecule has 0 aromatic carbocycles. The Morgan fingerprint density at radius 1 is 1.30 bits per heavy atom. The van der Waals surface area contributed by atoms with E-state index in [1.807, 2.05) is 0 Å². The quantitative estimate of drug-likeness (QED) is 0.816. The van der Waals surface area contributed by atoms with Crippen molar-refractivity contribution in [3.63, 3.8) is 0 Å². The number of likely N-dealkylation sites (N-methyl/N-ethyl adjacent to an activating group) is 1. The molecule has 2 unspecified atom stereocenters. The number of amides is 1. The van der Waals surface area contributed by atoms with Gasteiger partial charge in [-0.05, 0) is 53.0 Å². The Labute approximate surface area is 129 Å². The smallest absolute Gasteiger partial charge is 0.234 e. The van der Waals surface area contributed by atoms with Gasteiger partial charge in [-0.3, -0.25) is 9.69 Å². The Kier molecular flexibility index (Phi) is 6.29. The number of rotatable bonds is 5. The molecular formula is C15H30ClN3O. The molecule has 0 radical (unpaired) electrons. The van der Waals surface area contributed by atoms with Crippen molar-refractivity contribution in [1.29, 1.82) is 0 Å². The number of hydrogen-bond donors (Lipinski definition) is 2.